The third-order valence-corrected chi connectivity index (χ3v) is 5.72. The first-order chi connectivity index (χ1) is 12.0. The highest BCUT2D eigenvalue weighted by atomic mass is 32.2. The van der Waals surface area contributed by atoms with E-state index in [1.54, 1.807) is 36.4 Å². The molecule has 0 atom stereocenters. The van der Waals surface area contributed by atoms with Crippen LogP contribution in [0.2, 0.25) is 0 Å². The van der Waals surface area contributed by atoms with Crippen molar-refractivity contribution < 1.29 is 18.0 Å². The van der Waals surface area contributed by atoms with Crippen molar-refractivity contribution in [2.45, 2.75) is 19.8 Å². The maximum Gasteiger partial charge on any atom is 0.339 e. The van der Waals surface area contributed by atoms with Crippen LogP contribution in [0.25, 0.3) is 0 Å². The van der Waals surface area contributed by atoms with Gasteiger partial charge in [-0.3, -0.25) is 9.59 Å². The molecule has 0 bridgehead atoms. The SMILES string of the molecule is CCCC1C(=O)N(c2ccccc2)S(=O)(=O)N(c2ccccc2)C1=O. The maximum atomic E-state index is 13.1. The molecule has 6 nitrogen and oxygen atoms in total. The Morgan fingerprint density at radius 2 is 1.20 bits per heavy atom. The Morgan fingerprint density at radius 3 is 1.56 bits per heavy atom. The van der Waals surface area contributed by atoms with Gasteiger partial charge in [-0.15, -0.1) is 0 Å². The fraction of sp³-hybridized carbons (Fsp3) is 0.222. The van der Waals surface area contributed by atoms with E-state index in [2.05, 4.69) is 0 Å². The van der Waals surface area contributed by atoms with Gasteiger partial charge in [-0.2, -0.15) is 17.0 Å². The van der Waals surface area contributed by atoms with Gasteiger partial charge in [0.15, 0.2) is 0 Å². The lowest BCUT2D eigenvalue weighted by atomic mass is 10.0. The van der Waals surface area contributed by atoms with E-state index in [-0.39, 0.29) is 11.4 Å². The molecule has 2 aromatic carbocycles. The monoisotopic (exact) mass is 358 g/mol. The fourth-order valence-corrected chi connectivity index (χ4v) is 4.53. The molecule has 1 saturated heterocycles. The summed E-state index contributed by atoms with van der Waals surface area (Å²) in [6.45, 7) is 1.85. The van der Waals surface area contributed by atoms with Gasteiger partial charge >= 0.3 is 10.2 Å². The lowest BCUT2D eigenvalue weighted by Gasteiger charge is -2.37. The van der Waals surface area contributed by atoms with Crippen LogP contribution < -0.4 is 8.61 Å². The molecule has 0 N–H and O–H groups in total. The average molecular weight is 358 g/mol. The molecule has 2 aromatic rings. The molecule has 0 aromatic heterocycles. The van der Waals surface area contributed by atoms with Crippen LogP contribution >= 0.6 is 0 Å². The zero-order chi connectivity index (χ0) is 18.0. The number of benzene rings is 2. The molecule has 0 unspecified atom stereocenters. The summed E-state index contributed by atoms with van der Waals surface area (Å²) in [5, 5.41) is 0. The van der Waals surface area contributed by atoms with Crippen molar-refractivity contribution in [1.29, 1.82) is 0 Å². The highest BCUT2D eigenvalue weighted by molar-refractivity contribution is 7.95. The smallest absolute Gasteiger partial charge is 0.272 e. The Hall–Kier alpha value is -2.67. The largest absolute Gasteiger partial charge is 0.339 e. The summed E-state index contributed by atoms with van der Waals surface area (Å²) in [5.74, 6) is -2.43. The molecule has 0 saturated carbocycles. The van der Waals surface area contributed by atoms with E-state index in [9.17, 15) is 18.0 Å². The van der Waals surface area contributed by atoms with E-state index in [4.69, 9.17) is 0 Å². The van der Waals surface area contributed by atoms with Crippen LogP contribution in [0, 0.1) is 5.92 Å². The number of para-hydroxylation sites is 2. The van der Waals surface area contributed by atoms with Crippen LogP contribution in [0.15, 0.2) is 60.7 Å². The molecule has 7 heteroatoms. The van der Waals surface area contributed by atoms with Crippen LogP contribution in [-0.2, 0) is 19.8 Å². The molecule has 1 fully saturated rings. The standard InChI is InChI=1S/C18H18N2O4S/c1-2-9-16-17(21)19(14-10-5-3-6-11-14)25(23,24)20(18(16)22)15-12-7-4-8-13-15/h3-8,10-13,16H,2,9H2,1H3. The van der Waals surface area contributed by atoms with Crippen molar-refractivity contribution in [2.24, 2.45) is 5.92 Å². The van der Waals surface area contributed by atoms with E-state index in [1.165, 1.54) is 24.3 Å². The zero-order valence-electron chi connectivity index (χ0n) is 13.7. The van der Waals surface area contributed by atoms with Crippen molar-refractivity contribution in [3.8, 4) is 0 Å². The number of carbonyl (C=O) groups is 2. The first kappa shape index (κ1) is 17.2. The lowest BCUT2D eigenvalue weighted by molar-refractivity contribution is -0.131. The van der Waals surface area contributed by atoms with Crippen LogP contribution in [0.1, 0.15) is 19.8 Å². The number of rotatable bonds is 4. The van der Waals surface area contributed by atoms with E-state index < -0.39 is 27.9 Å². The molecule has 0 spiro atoms. The molecule has 0 radical (unpaired) electrons. The van der Waals surface area contributed by atoms with Gasteiger partial charge in [-0.25, -0.2) is 0 Å². The third kappa shape index (κ3) is 2.91. The normalized spacial score (nSPS) is 17.8. The molecular weight excluding hydrogens is 340 g/mol. The maximum absolute atomic E-state index is 13.1. The summed E-state index contributed by atoms with van der Waals surface area (Å²) in [6, 6.07) is 16.2. The highest BCUT2D eigenvalue weighted by Crippen LogP contribution is 2.34. The summed E-state index contributed by atoms with van der Waals surface area (Å²) in [4.78, 5) is 25.6. The fourth-order valence-electron chi connectivity index (χ4n) is 2.88. The number of nitrogens with zero attached hydrogens (tertiary/aromatic N) is 2. The lowest BCUT2D eigenvalue weighted by Crippen LogP contribution is -2.60. The predicted octanol–water partition coefficient (Wildman–Crippen LogP) is 2.73. The summed E-state index contributed by atoms with van der Waals surface area (Å²) in [5.41, 5.74) is 0.448. The quantitative estimate of drug-likeness (QED) is 0.788. The Kier molecular flexibility index (Phi) is 4.59. The topological polar surface area (TPSA) is 74.8 Å². The molecular formula is C18H18N2O4S. The number of hydrogen-bond acceptors (Lipinski definition) is 4. The van der Waals surface area contributed by atoms with Gasteiger partial charge < -0.3 is 0 Å². The molecule has 2 amide bonds. The minimum atomic E-state index is -4.35. The van der Waals surface area contributed by atoms with Crippen molar-refractivity contribution in [1.82, 2.24) is 0 Å². The summed E-state index contributed by atoms with van der Waals surface area (Å²) in [6.07, 6.45) is 0.882. The van der Waals surface area contributed by atoms with Crippen LogP contribution in [0.3, 0.4) is 0 Å². The molecule has 1 aliphatic heterocycles. The van der Waals surface area contributed by atoms with Crippen molar-refractivity contribution in [3.63, 3.8) is 0 Å². The van der Waals surface area contributed by atoms with Crippen molar-refractivity contribution in [3.05, 3.63) is 60.7 Å². The zero-order valence-corrected chi connectivity index (χ0v) is 14.5. The number of carbonyl (C=O) groups excluding carboxylic acids is 2. The minimum Gasteiger partial charge on any atom is -0.272 e. The first-order valence-electron chi connectivity index (χ1n) is 8.02. The number of amides is 2. The summed E-state index contributed by atoms with van der Waals surface area (Å²) < 4.78 is 27.7. The minimum absolute atomic E-state index is 0.224. The molecule has 130 valence electrons. The van der Waals surface area contributed by atoms with Gasteiger partial charge in [0.05, 0.1) is 11.4 Å². The second-order valence-electron chi connectivity index (χ2n) is 5.73. The van der Waals surface area contributed by atoms with Crippen LogP contribution in [-0.4, -0.2) is 20.2 Å². The van der Waals surface area contributed by atoms with Crippen molar-refractivity contribution in [2.75, 3.05) is 8.61 Å². The predicted molar refractivity (Wildman–Crippen MR) is 95.2 cm³/mol. The van der Waals surface area contributed by atoms with Gasteiger partial charge in [0.1, 0.15) is 5.92 Å². The first-order valence-corrected chi connectivity index (χ1v) is 9.41. The van der Waals surface area contributed by atoms with Crippen molar-refractivity contribution >= 4 is 33.4 Å². The third-order valence-electron chi connectivity index (χ3n) is 4.02. The van der Waals surface area contributed by atoms with Gasteiger partial charge in [-0.05, 0) is 30.7 Å². The summed E-state index contributed by atoms with van der Waals surface area (Å²) >= 11 is 0. The van der Waals surface area contributed by atoms with E-state index in [0.717, 1.165) is 8.61 Å². The number of hydrogen-bond donors (Lipinski definition) is 0. The molecule has 0 aliphatic carbocycles. The van der Waals surface area contributed by atoms with Crippen LogP contribution in [0.5, 0.6) is 0 Å². The van der Waals surface area contributed by atoms with Gasteiger partial charge in [0.2, 0.25) is 0 Å². The van der Waals surface area contributed by atoms with Gasteiger partial charge in [0, 0.05) is 0 Å². The molecule has 1 aliphatic rings. The second-order valence-corrected chi connectivity index (χ2v) is 7.35. The Labute approximate surface area is 146 Å². The van der Waals surface area contributed by atoms with E-state index >= 15 is 0 Å². The van der Waals surface area contributed by atoms with Crippen LogP contribution in [0.4, 0.5) is 11.4 Å². The summed E-state index contributed by atoms with van der Waals surface area (Å²) in [7, 11) is -4.35. The van der Waals surface area contributed by atoms with Gasteiger partial charge in [0.25, 0.3) is 11.8 Å². The van der Waals surface area contributed by atoms with E-state index in [0.29, 0.717) is 12.8 Å². The average Bonchev–Trinajstić information content (AvgIpc) is 2.60. The highest BCUT2D eigenvalue weighted by Gasteiger charge is 2.50. The second kappa shape index (κ2) is 6.68. The molecule has 25 heavy (non-hydrogen) atoms. The molecule has 3 rings (SSSR count). The Balaban J connectivity index is 2.18. The van der Waals surface area contributed by atoms with Gasteiger partial charge in [-0.1, -0.05) is 49.7 Å². The van der Waals surface area contributed by atoms with E-state index in [1.807, 2.05) is 6.92 Å². The Bertz CT molecular complexity index is 816. The number of anilines is 2. The molecule has 1 heterocycles. The Morgan fingerprint density at radius 1 is 0.800 bits per heavy atom.